The highest BCUT2D eigenvalue weighted by Gasteiger charge is 2.12. The van der Waals surface area contributed by atoms with E-state index in [0.717, 1.165) is 12.8 Å². The Bertz CT molecular complexity index is 431. The molecule has 1 unspecified atom stereocenters. The van der Waals surface area contributed by atoms with Gasteiger partial charge in [0.1, 0.15) is 5.82 Å². The second-order valence-corrected chi connectivity index (χ2v) is 5.40. The number of hydrogen-bond donors (Lipinski definition) is 3. The van der Waals surface area contributed by atoms with E-state index >= 15 is 0 Å². The molecule has 1 rings (SSSR count). The summed E-state index contributed by atoms with van der Waals surface area (Å²) in [5.41, 5.74) is 11.7. The zero-order valence-corrected chi connectivity index (χ0v) is 11.9. The predicted molar refractivity (Wildman–Crippen MR) is 78.9 cm³/mol. The molecule has 19 heavy (non-hydrogen) atoms. The van der Waals surface area contributed by atoms with Crippen LogP contribution in [0.25, 0.3) is 0 Å². The fourth-order valence-electron chi connectivity index (χ4n) is 1.92. The van der Waals surface area contributed by atoms with Gasteiger partial charge in [-0.25, -0.2) is 4.98 Å². The molecule has 1 aromatic heterocycles. The summed E-state index contributed by atoms with van der Waals surface area (Å²) in [5.74, 6) is 0.707. The first-order valence-electron chi connectivity index (χ1n) is 6.72. The lowest BCUT2D eigenvalue weighted by Gasteiger charge is -2.17. The average Bonchev–Trinajstić information content (AvgIpc) is 2.30. The molecule has 0 saturated heterocycles. The Hall–Kier alpha value is -1.78. The zero-order chi connectivity index (χ0) is 14.4. The van der Waals surface area contributed by atoms with E-state index in [0.29, 0.717) is 23.0 Å². The molecule has 0 spiro atoms. The second kappa shape index (κ2) is 6.97. The van der Waals surface area contributed by atoms with Crippen LogP contribution in [0, 0.1) is 5.92 Å². The summed E-state index contributed by atoms with van der Waals surface area (Å²) in [5, 5.41) is 3.23. The van der Waals surface area contributed by atoms with Crippen LogP contribution in [0.5, 0.6) is 0 Å². The van der Waals surface area contributed by atoms with Gasteiger partial charge >= 0.3 is 0 Å². The van der Waals surface area contributed by atoms with Crippen molar-refractivity contribution in [3.05, 3.63) is 17.8 Å². The smallest absolute Gasteiger partial charge is 0.252 e. The molecule has 1 aromatic rings. The van der Waals surface area contributed by atoms with Crippen LogP contribution in [0.15, 0.2) is 12.3 Å². The van der Waals surface area contributed by atoms with E-state index in [1.807, 2.05) is 0 Å². The van der Waals surface area contributed by atoms with Crippen LogP contribution >= 0.6 is 0 Å². The van der Waals surface area contributed by atoms with E-state index < -0.39 is 5.91 Å². The summed E-state index contributed by atoms with van der Waals surface area (Å²) in [6.45, 7) is 6.50. The minimum atomic E-state index is -0.517. The zero-order valence-electron chi connectivity index (χ0n) is 11.9. The number of amides is 1. The van der Waals surface area contributed by atoms with Gasteiger partial charge < -0.3 is 16.8 Å². The normalized spacial score (nSPS) is 12.4. The number of nitrogens with zero attached hydrogens (tertiary/aromatic N) is 1. The molecule has 0 saturated carbocycles. The monoisotopic (exact) mass is 264 g/mol. The third-order valence-electron chi connectivity index (χ3n) is 2.98. The SMILES string of the molecule is CC(C)CCCC(C)Nc1ncc(N)cc1C(N)=O. The summed E-state index contributed by atoms with van der Waals surface area (Å²) in [6, 6.07) is 1.80. The number of primary amides is 1. The van der Waals surface area contributed by atoms with Gasteiger partial charge in [-0.3, -0.25) is 4.79 Å². The Labute approximate surface area is 114 Å². The number of carbonyl (C=O) groups is 1. The van der Waals surface area contributed by atoms with Crippen LogP contribution in [0.1, 0.15) is 50.4 Å². The maximum Gasteiger partial charge on any atom is 0.252 e. The van der Waals surface area contributed by atoms with Gasteiger partial charge in [0.2, 0.25) is 0 Å². The minimum Gasteiger partial charge on any atom is -0.397 e. The number of anilines is 2. The highest BCUT2D eigenvalue weighted by molar-refractivity contribution is 5.98. The van der Waals surface area contributed by atoms with E-state index in [-0.39, 0.29) is 6.04 Å². The number of nitrogen functional groups attached to an aromatic ring is 1. The van der Waals surface area contributed by atoms with Crippen LogP contribution in [-0.2, 0) is 0 Å². The van der Waals surface area contributed by atoms with Gasteiger partial charge in [0, 0.05) is 6.04 Å². The van der Waals surface area contributed by atoms with Crippen LogP contribution in [0.4, 0.5) is 11.5 Å². The molecule has 0 aromatic carbocycles. The van der Waals surface area contributed by atoms with Gasteiger partial charge in [-0.2, -0.15) is 0 Å². The van der Waals surface area contributed by atoms with Crippen LogP contribution in [0.3, 0.4) is 0 Å². The number of nitrogens with two attached hydrogens (primary N) is 2. The van der Waals surface area contributed by atoms with Crippen molar-refractivity contribution < 1.29 is 4.79 Å². The lowest BCUT2D eigenvalue weighted by atomic mass is 10.0. The molecular weight excluding hydrogens is 240 g/mol. The molecule has 5 nitrogen and oxygen atoms in total. The largest absolute Gasteiger partial charge is 0.397 e. The van der Waals surface area contributed by atoms with E-state index in [9.17, 15) is 4.79 Å². The highest BCUT2D eigenvalue weighted by atomic mass is 16.1. The summed E-state index contributed by atoms with van der Waals surface area (Å²) >= 11 is 0. The molecule has 0 aliphatic carbocycles. The van der Waals surface area contributed by atoms with Gasteiger partial charge in [-0.1, -0.05) is 26.7 Å². The topological polar surface area (TPSA) is 94.0 Å². The number of pyridine rings is 1. The summed E-state index contributed by atoms with van der Waals surface area (Å²) in [6.07, 6.45) is 4.90. The van der Waals surface area contributed by atoms with E-state index in [4.69, 9.17) is 11.5 Å². The first-order valence-corrected chi connectivity index (χ1v) is 6.72. The Balaban J connectivity index is 2.63. The summed E-state index contributed by atoms with van der Waals surface area (Å²) in [7, 11) is 0. The molecule has 0 fully saturated rings. The predicted octanol–water partition coefficient (Wildman–Crippen LogP) is 2.39. The molecule has 0 aliphatic heterocycles. The van der Waals surface area contributed by atoms with Crippen molar-refractivity contribution in [1.82, 2.24) is 4.98 Å². The average molecular weight is 264 g/mol. The number of hydrogen-bond acceptors (Lipinski definition) is 4. The number of aromatic nitrogens is 1. The standard InChI is InChI=1S/C14H24N4O/c1-9(2)5-4-6-10(3)18-14-12(13(16)19)7-11(15)8-17-14/h7-10H,4-6,15H2,1-3H3,(H2,16,19)(H,17,18). The first kappa shape index (κ1) is 15.3. The van der Waals surface area contributed by atoms with Crippen molar-refractivity contribution in [2.45, 2.75) is 46.1 Å². The van der Waals surface area contributed by atoms with E-state index in [1.54, 1.807) is 6.07 Å². The Morgan fingerprint density at radius 3 is 2.63 bits per heavy atom. The molecular formula is C14H24N4O. The lowest BCUT2D eigenvalue weighted by Crippen LogP contribution is -2.21. The third-order valence-corrected chi connectivity index (χ3v) is 2.98. The van der Waals surface area contributed by atoms with Crippen molar-refractivity contribution in [2.24, 2.45) is 11.7 Å². The molecule has 5 N–H and O–H groups in total. The highest BCUT2D eigenvalue weighted by Crippen LogP contribution is 2.17. The van der Waals surface area contributed by atoms with Gasteiger partial charge in [0.25, 0.3) is 5.91 Å². The van der Waals surface area contributed by atoms with Crippen molar-refractivity contribution >= 4 is 17.4 Å². The Morgan fingerprint density at radius 2 is 2.05 bits per heavy atom. The lowest BCUT2D eigenvalue weighted by molar-refractivity contribution is 0.100. The molecule has 0 bridgehead atoms. The van der Waals surface area contributed by atoms with Gasteiger partial charge in [-0.05, 0) is 25.3 Å². The number of carbonyl (C=O) groups excluding carboxylic acids is 1. The Kier molecular flexibility index (Phi) is 5.60. The maximum absolute atomic E-state index is 11.3. The quantitative estimate of drug-likeness (QED) is 0.704. The van der Waals surface area contributed by atoms with Crippen molar-refractivity contribution in [3.8, 4) is 0 Å². The van der Waals surface area contributed by atoms with E-state index in [2.05, 4.69) is 31.1 Å². The fraction of sp³-hybridized carbons (Fsp3) is 0.571. The maximum atomic E-state index is 11.3. The van der Waals surface area contributed by atoms with Crippen LogP contribution < -0.4 is 16.8 Å². The molecule has 1 atom stereocenters. The third kappa shape index (κ3) is 5.16. The molecule has 0 radical (unpaired) electrons. The van der Waals surface area contributed by atoms with Crippen molar-refractivity contribution in [2.75, 3.05) is 11.1 Å². The Morgan fingerprint density at radius 1 is 1.37 bits per heavy atom. The van der Waals surface area contributed by atoms with Gasteiger partial charge in [0.15, 0.2) is 0 Å². The summed E-state index contributed by atoms with van der Waals surface area (Å²) in [4.78, 5) is 15.5. The summed E-state index contributed by atoms with van der Waals surface area (Å²) < 4.78 is 0. The van der Waals surface area contributed by atoms with Crippen molar-refractivity contribution in [1.29, 1.82) is 0 Å². The second-order valence-electron chi connectivity index (χ2n) is 5.40. The molecule has 0 aliphatic rings. The van der Waals surface area contributed by atoms with Crippen LogP contribution in [-0.4, -0.2) is 16.9 Å². The van der Waals surface area contributed by atoms with Crippen molar-refractivity contribution in [3.63, 3.8) is 0 Å². The minimum absolute atomic E-state index is 0.243. The van der Waals surface area contributed by atoms with Gasteiger partial charge in [-0.15, -0.1) is 0 Å². The van der Waals surface area contributed by atoms with Crippen LogP contribution in [0.2, 0.25) is 0 Å². The number of rotatable bonds is 7. The first-order chi connectivity index (χ1) is 8.90. The molecule has 106 valence electrons. The molecule has 1 heterocycles. The van der Waals surface area contributed by atoms with E-state index in [1.165, 1.54) is 12.6 Å². The molecule has 5 heteroatoms. The molecule has 1 amide bonds. The fourth-order valence-corrected chi connectivity index (χ4v) is 1.92. The number of nitrogens with one attached hydrogen (secondary N) is 1. The van der Waals surface area contributed by atoms with Gasteiger partial charge in [0.05, 0.1) is 17.4 Å².